The van der Waals surface area contributed by atoms with E-state index >= 15 is 0 Å². The van der Waals surface area contributed by atoms with Crippen LogP contribution in [0.4, 0.5) is 11.4 Å². The van der Waals surface area contributed by atoms with Gasteiger partial charge in [0.05, 0.1) is 28.6 Å². The molecule has 3 rings (SSSR count). The molecule has 21 heavy (non-hydrogen) atoms. The molecule has 0 atom stereocenters. The number of pyridine rings is 1. The maximum atomic E-state index is 11.7. The highest BCUT2D eigenvalue weighted by atomic mass is 16.1. The molecule has 1 aromatic carbocycles. The van der Waals surface area contributed by atoms with Gasteiger partial charge in [-0.1, -0.05) is 0 Å². The van der Waals surface area contributed by atoms with E-state index in [1.54, 1.807) is 18.3 Å². The van der Waals surface area contributed by atoms with Crippen LogP contribution in [0.2, 0.25) is 0 Å². The van der Waals surface area contributed by atoms with Crippen molar-refractivity contribution in [1.29, 1.82) is 0 Å². The Bertz CT molecular complexity index is 856. The first-order valence-corrected chi connectivity index (χ1v) is 6.55. The molecule has 0 spiro atoms. The largest absolute Gasteiger partial charge is 0.397 e. The smallest absolute Gasteiger partial charge is 0.258 e. The number of rotatable bonds is 3. The minimum atomic E-state index is -0.191. The van der Waals surface area contributed by atoms with Gasteiger partial charge in [-0.05, 0) is 36.2 Å². The number of anilines is 2. The number of hydrogen-bond acceptors (Lipinski definition) is 5. The Hall–Kier alpha value is -2.89. The van der Waals surface area contributed by atoms with E-state index in [0.29, 0.717) is 23.1 Å². The van der Waals surface area contributed by atoms with Crippen LogP contribution in [-0.2, 0) is 6.54 Å². The predicted octanol–water partition coefficient (Wildman–Crippen LogP) is 1.82. The van der Waals surface area contributed by atoms with E-state index < -0.39 is 0 Å². The molecule has 0 radical (unpaired) electrons. The second kappa shape index (κ2) is 5.24. The van der Waals surface area contributed by atoms with E-state index in [0.717, 1.165) is 16.8 Å². The van der Waals surface area contributed by atoms with E-state index in [-0.39, 0.29) is 5.56 Å². The van der Waals surface area contributed by atoms with Gasteiger partial charge in [-0.3, -0.25) is 9.78 Å². The molecule has 106 valence electrons. The molecule has 0 aliphatic carbocycles. The fraction of sp³-hybridized carbons (Fsp3) is 0.133. The Morgan fingerprint density at radius 1 is 1.38 bits per heavy atom. The highest BCUT2D eigenvalue weighted by Gasteiger charge is 2.06. The summed E-state index contributed by atoms with van der Waals surface area (Å²) in [6.45, 7) is 2.64. The van der Waals surface area contributed by atoms with Crippen molar-refractivity contribution in [3.05, 3.63) is 58.4 Å². The van der Waals surface area contributed by atoms with E-state index in [4.69, 9.17) is 5.73 Å². The van der Waals surface area contributed by atoms with Crippen LogP contribution in [0.1, 0.15) is 11.1 Å². The van der Waals surface area contributed by atoms with Crippen LogP contribution in [0.25, 0.3) is 10.9 Å². The lowest BCUT2D eigenvalue weighted by Gasteiger charge is -2.11. The first-order chi connectivity index (χ1) is 10.1. The summed E-state index contributed by atoms with van der Waals surface area (Å²) in [5.74, 6) is 0. The summed E-state index contributed by atoms with van der Waals surface area (Å²) < 4.78 is 0. The zero-order valence-electron chi connectivity index (χ0n) is 11.6. The van der Waals surface area contributed by atoms with Crippen LogP contribution in [0.15, 0.2) is 41.7 Å². The third-order valence-electron chi connectivity index (χ3n) is 3.42. The zero-order chi connectivity index (χ0) is 14.8. The molecule has 0 amide bonds. The first kappa shape index (κ1) is 13.1. The van der Waals surface area contributed by atoms with Gasteiger partial charge < -0.3 is 16.0 Å². The minimum absolute atomic E-state index is 0.191. The van der Waals surface area contributed by atoms with Gasteiger partial charge in [0.25, 0.3) is 5.56 Å². The number of nitrogens with two attached hydrogens (primary N) is 1. The quantitative estimate of drug-likeness (QED) is 0.636. The van der Waals surface area contributed by atoms with Gasteiger partial charge in [0, 0.05) is 18.9 Å². The van der Waals surface area contributed by atoms with Crippen molar-refractivity contribution in [1.82, 2.24) is 15.0 Å². The number of nitrogens with one attached hydrogen (secondary N) is 2. The number of H-pyrrole nitrogens is 1. The first-order valence-electron chi connectivity index (χ1n) is 6.55. The molecule has 0 saturated carbocycles. The average Bonchev–Trinajstić information content (AvgIpc) is 2.48. The van der Waals surface area contributed by atoms with E-state index in [9.17, 15) is 4.79 Å². The average molecular weight is 281 g/mol. The van der Waals surface area contributed by atoms with Gasteiger partial charge in [0.15, 0.2) is 0 Å². The fourth-order valence-corrected chi connectivity index (χ4v) is 2.18. The Balaban J connectivity index is 1.93. The molecule has 3 aromatic rings. The van der Waals surface area contributed by atoms with E-state index in [1.807, 2.05) is 19.2 Å². The molecule has 4 N–H and O–H groups in total. The predicted molar refractivity (Wildman–Crippen MR) is 83.1 cm³/mol. The second-order valence-corrected chi connectivity index (χ2v) is 4.84. The monoisotopic (exact) mass is 281 g/mol. The van der Waals surface area contributed by atoms with Crippen molar-refractivity contribution in [3.63, 3.8) is 0 Å². The summed E-state index contributed by atoms with van der Waals surface area (Å²) >= 11 is 0. The highest BCUT2D eigenvalue weighted by Crippen LogP contribution is 2.23. The van der Waals surface area contributed by atoms with E-state index in [2.05, 4.69) is 20.3 Å². The topological polar surface area (TPSA) is 96.7 Å². The number of aryl methyl sites for hydroxylation is 1. The summed E-state index contributed by atoms with van der Waals surface area (Å²) in [6.07, 6.45) is 4.97. The van der Waals surface area contributed by atoms with Crippen molar-refractivity contribution in [2.75, 3.05) is 11.1 Å². The standard InChI is InChI=1S/C15H15N5O/c1-9-6-17-3-2-10(9)7-18-14-5-13-11(4-12(14)16)15(21)20-8-19-13/h2-6,8,18H,7,16H2,1H3,(H,19,20,21). The van der Waals surface area contributed by atoms with Gasteiger partial charge in [0.2, 0.25) is 0 Å². The van der Waals surface area contributed by atoms with E-state index in [1.165, 1.54) is 6.33 Å². The van der Waals surface area contributed by atoms with Crippen molar-refractivity contribution >= 4 is 22.3 Å². The normalized spacial score (nSPS) is 10.7. The molecule has 6 nitrogen and oxygen atoms in total. The molecule has 0 aliphatic heterocycles. The molecular weight excluding hydrogens is 266 g/mol. The summed E-state index contributed by atoms with van der Waals surface area (Å²) in [6, 6.07) is 5.39. The lowest BCUT2D eigenvalue weighted by molar-refractivity contribution is 1.09. The van der Waals surface area contributed by atoms with Crippen LogP contribution in [0, 0.1) is 6.92 Å². The zero-order valence-corrected chi connectivity index (χ0v) is 11.6. The molecule has 0 fully saturated rings. The molecule has 6 heteroatoms. The van der Waals surface area contributed by atoms with Crippen molar-refractivity contribution in [2.24, 2.45) is 0 Å². The molecule has 0 unspecified atom stereocenters. The number of aromatic amines is 1. The number of nitrogen functional groups attached to an aromatic ring is 1. The van der Waals surface area contributed by atoms with Crippen LogP contribution in [0.3, 0.4) is 0 Å². The summed E-state index contributed by atoms with van der Waals surface area (Å²) in [5.41, 5.74) is 9.96. The van der Waals surface area contributed by atoms with Crippen LogP contribution >= 0.6 is 0 Å². The molecule has 0 saturated heterocycles. The van der Waals surface area contributed by atoms with Gasteiger partial charge in [0.1, 0.15) is 0 Å². The molecule has 2 aromatic heterocycles. The molecule has 0 aliphatic rings. The molecular formula is C15H15N5O. The lowest BCUT2D eigenvalue weighted by Crippen LogP contribution is -2.09. The summed E-state index contributed by atoms with van der Waals surface area (Å²) in [5, 5.41) is 3.76. The number of nitrogens with zero attached hydrogens (tertiary/aromatic N) is 2. The van der Waals surface area contributed by atoms with Gasteiger partial charge in [-0.25, -0.2) is 4.98 Å². The molecule has 0 bridgehead atoms. The third kappa shape index (κ3) is 2.55. The van der Waals surface area contributed by atoms with Crippen molar-refractivity contribution < 1.29 is 0 Å². The Labute approximate surface area is 121 Å². The van der Waals surface area contributed by atoms with Crippen molar-refractivity contribution in [2.45, 2.75) is 13.5 Å². The Morgan fingerprint density at radius 3 is 3.05 bits per heavy atom. The minimum Gasteiger partial charge on any atom is -0.397 e. The summed E-state index contributed by atoms with van der Waals surface area (Å²) in [7, 11) is 0. The fourth-order valence-electron chi connectivity index (χ4n) is 2.18. The number of aromatic nitrogens is 3. The number of fused-ring (bicyclic) bond motifs is 1. The highest BCUT2D eigenvalue weighted by molar-refractivity contribution is 5.88. The third-order valence-corrected chi connectivity index (χ3v) is 3.42. The van der Waals surface area contributed by atoms with Gasteiger partial charge >= 0.3 is 0 Å². The van der Waals surface area contributed by atoms with Crippen LogP contribution in [0.5, 0.6) is 0 Å². The van der Waals surface area contributed by atoms with Gasteiger partial charge in [-0.15, -0.1) is 0 Å². The maximum absolute atomic E-state index is 11.7. The number of benzene rings is 1. The van der Waals surface area contributed by atoms with Crippen LogP contribution < -0.4 is 16.6 Å². The van der Waals surface area contributed by atoms with Gasteiger partial charge in [-0.2, -0.15) is 0 Å². The van der Waals surface area contributed by atoms with Crippen molar-refractivity contribution in [3.8, 4) is 0 Å². The molecule has 2 heterocycles. The Morgan fingerprint density at radius 2 is 2.24 bits per heavy atom. The van der Waals surface area contributed by atoms with Crippen LogP contribution in [-0.4, -0.2) is 15.0 Å². The Kier molecular flexibility index (Phi) is 3.27. The number of hydrogen-bond donors (Lipinski definition) is 3. The second-order valence-electron chi connectivity index (χ2n) is 4.84. The summed E-state index contributed by atoms with van der Waals surface area (Å²) in [4.78, 5) is 22.4. The lowest BCUT2D eigenvalue weighted by atomic mass is 10.1. The SMILES string of the molecule is Cc1cnccc1CNc1cc2nc[nH]c(=O)c2cc1N. The maximum Gasteiger partial charge on any atom is 0.258 e.